The molecule has 1 amide bonds. The molecule has 0 aliphatic heterocycles. The van der Waals surface area contributed by atoms with Crippen molar-refractivity contribution in [1.29, 1.82) is 0 Å². The van der Waals surface area contributed by atoms with Gasteiger partial charge >= 0.3 is 6.09 Å². The Labute approximate surface area is 98.8 Å². The second-order valence-electron chi connectivity index (χ2n) is 3.22. The minimum atomic E-state index is -0.588. The van der Waals surface area contributed by atoms with E-state index in [1.165, 1.54) is 12.2 Å². The van der Waals surface area contributed by atoms with Crippen LogP contribution < -0.4 is 5.32 Å². The summed E-state index contributed by atoms with van der Waals surface area (Å²) in [5.41, 5.74) is 1.78. The summed E-state index contributed by atoms with van der Waals surface area (Å²) in [6, 6.07) is 4.99. The number of anilines is 1. The van der Waals surface area contributed by atoms with Crippen LogP contribution in [0.1, 0.15) is 5.56 Å². The lowest BCUT2D eigenvalue weighted by molar-refractivity contribution is 0.174. The van der Waals surface area contributed by atoms with Crippen molar-refractivity contribution in [1.82, 2.24) is 0 Å². The molecule has 1 N–H and O–H groups in total. The van der Waals surface area contributed by atoms with Gasteiger partial charge in [-0.05, 0) is 24.6 Å². The molecule has 0 aromatic heterocycles. The van der Waals surface area contributed by atoms with Crippen LogP contribution in [0.2, 0.25) is 0 Å². The number of hydrogen-bond donors (Lipinski definition) is 1. The first-order valence-corrected chi connectivity index (χ1v) is 4.90. The van der Waals surface area contributed by atoms with E-state index in [9.17, 15) is 9.59 Å². The monoisotopic (exact) mass is 232 g/mol. The number of aryl methyl sites for hydroxylation is 1. The number of amides is 1. The van der Waals surface area contributed by atoms with E-state index in [2.05, 4.69) is 16.9 Å². The van der Waals surface area contributed by atoms with E-state index < -0.39 is 6.09 Å². The molecule has 0 aliphatic rings. The fourth-order valence-corrected chi connectivity index (χ4v) is 1.15. The van der Waals surface area contributed by atoms with Crippen LogP contribution in [0.15, 0.2) is 35.8 Å². The SMILES string of the molecule is C=CCOC(=O)Nc1ccc(C)c(N=C=O)c1. The van der Waals surface area contributed by atoms with Gasteiger partial charge in [0, 0.05) is 5.69 Å². The van der Waals surface area contributed by atoms with E-state index in [-0.39, 0.29) is 6.61 Å². The van der Waals surface area contributed by atoms with Crippen molar-refractivity contribution in [2.75, 3.05) is 11.9 Å². The zero-order valence-corrected chi connectivity index (χ0v) is 9.40. The highest BCUT2D eigenvalue weighted by Crippen LogP contribution is 2.22. The summed E-state index contributed by atoms with van der Waals surface area (Å²) in [6.07, 6.45) is 2.34. The fourth-order valence-electron chi connectivity index (χ4n) is 1.15. The molecule has 1 rings (SSSR count). The van der Waals surface area contributed by atoms with E-state index >= 15 is 0 Å². The van der Waals surface area contributed by atoms with E-state index in [0.29, 0.717) is 11.4 Å². The molecule has 0 unspecified atom stereocenters. The summed E-state index contributed by atoms with van der Waals surface area (Å²) in [7, 11) is 0. The normalized spacial score (nSPS) is 9.00. The predicted octanol–water partition coefficient (Wildman–Crippen LogP) is 2.70. The van der Waals surface area contributed by atoms with Crippen LogP contribution in [-0.2, 0) is 9.53 Å². The number of aliphatic imine (C=N–C) groups is 1. The Morgan fingerprint density at radius 3 is 3.06 bits per heavy atom. The van der Waals surface area contributed by atoms with Crippen LogP contribution in [0.25, 0.3) is 0 Å². The summed E-state index contributed by atoms with van der Waals surface area (Å²) in [5.74, 6) is 0. The molecule has 17 heavy (non-hydrogen) atoms. The van der Waals surface area contributed by atoms with Gasteiger partial charge < -0.3 is 4.74 Å². The zero-order valence-electron chi connectivity index (χ0n) is 9.40. The maximum Gasteiger partial charge on any atom is 0.411 e. The fraction of sp³-hybridized carbons (Fsp3) is 0.167. The lowest BCUT2D eigenvalue weighted by Gasteiger charge is -2.06. The summed E-state index contributed by atoms with van der Waals surface area (Å²) < 4.78 is 4.75. The van der Waals surface area contributed by atoms with Crippen LogP contribution >= 0.6 is 0 Å². The standard InChI is InChI=1S/C12H12N2O3/c1-3-6-17-12(16)14-10-5-4-9(2)11(7-10)13-8-15/h3-5,7H,1,6H2,2H3,(H,14,16). The molecular formula is C12H12N2O3. The predicted molar refractivity (Wildman–Crippen MR) is 64.1 cm³/mol. The quantitative estimate of drug-likeness (QED) is 0.493. The minimum Gasteiger partial charge on any atom is -0.445 e. The third kappa shape index (κ3) is 3.93. The van der Waals surface area contributed by atoms with Crippen molar-refractivity contribution in [3.63, 3.8) is 0 Å². The van der Waals surface area contributed by atoms with Crippen molar-refractivity contribution in [3.05, 3.63) is 36.4 Å². The molecule has 0 radical (unpaired) electrons. The molecule has 0 fully saturated rings. The average molecular weight is 232 g/mol. The lowest BCUT2D eigenvalue weighted by atomic mass is 10.2. The Bertz CT molecular complexity index is 477. The Balaban J connectivity index is 2.78. The first-order valence-electron chi connectivity index (χ1n) is 4.90. The third-order valence-electron chi connectivity index (χ3n) is 1.95. The number of hydrogen-bond acceptors (Lipinski definition) is 4. The highest BCUT2D eigenvalue weighted by atomic mass is 16.5. The number of benzene rings is 1. The maximum absolute atomic E-state index is 11.2. The number of rotatable bonds is 4. The molecule has 0 bridgehead atoms. The number of carbonyl (C=O) groups excluding carboxylic acids is 2. The van der Waals surface area contributed by atoms with Crippen molar-refractivity contribution < 1.29 is 14.3 Å². The second-order valence-corrected chi connectivity index (χ2v) is 3.22. The number of nitrogens with one attached hydrogen (secondary N) is 1. The van der Waals surface area contributed by atoms with Crippen LogP contribution in [0, 0.1) is 6.92 Å². The first kappa shape index (κ1) is 12.7. The van der Waals surface area contributed by atoms with Gasteiger partial charge in [-0.2, -0.15) is 4.99 Å². The Morgan fingerprint density at radius 2 is 2.41 bits per heavy atom. The largest absolute Gasteiger partial charge is 0.445 e. The molecule has 0 spiro atoms. The number of isocyanates is 1. The molecule has 5 heteroatoms. The van der Waals surface area contributed by atoms with Gasteiger partial charge in [-0.25, -0.2) is 9.59 Å². The Hall–Kier alpha value is -2.39. The van der Waals surface area contributed by atoms with Gasteiger partial charge in [0.15, 0.2) is 0 Å². The average Bonchev–Trinajstić information content (AvgIpc) is 2.31. The van der Waals surface area contributed by atoms with Crippen molar-refractivity contribution in [3.8, 4) is 0 Å². The van der Waals surface area contributed by atoms with Gasteiger partial charge in [0.25, 0.3) is 0 Å². The molecule has 0 atom stereocenters. The van der Waals surface area contributed by atoms with Crippen molar-refractivity contribution in [2.24, 2.45) is 4.99 Å². The summed E-state index contributed by atoms with van der Waals surface area (Å²) >= 11 is 0. The van der Waals surface area contributed by atoms with Crippen molar-refractivity contribution in [2.45, 2.75) is 6.92 Å². The highest BCUT2D eigenvalue weighted by Gasteiger charge is 2.04. The number of ether oxygens (including phenoxy) is 1. The van der Waals surface area contributed by atoms with E-state index in [0.717, 1.165) is 5.56 Å². The molecule has 88 valence electrons. The van der Waals surface area contributed by atoms with E-state index in [1.54, 1.807) is 25.1 Å². The summed E-state index contributed by atoms with van der Waals surface area (Å²) in [5, 5.41) is 2.50. The summed E-state index contributed by atoms with van der Waals surface area (Å²) in [6.45, 7) is 5.36. The molecule has 1 aromatic rings. The van der Waals surface area contributed by atoms with Gasteiger partial charge in [-0.3, -0.25) is 5.32 Å². The molecule has 1 aromatic carbocycles. The molecule has 0 saturated heterocycles. The molecule has 0 aliphatic carbocycles. The van der Waals surface area contributed by atoms with Crippen LogP contribution in [0.3, 0.4) is 0 Å². The van der Waals surface area contributed by atoms with Gasteiger partial charge in [-0.15, -0.1) is 0 Å². The zero-order chi connectivity index (χ0) is 12.7. The van der Waals surface area contributed by atoms with Crippen LogP contribution in [-0.4, -0.2) is 18.8 Å². The number of carbonyl (C=O) groups is 1. The smallest absolute Gasteiger partial charge is 0.411 e. The first-order chi connectivity index (χ1) is 8.17. The third-order valence-corrected chi connectivity index (χ3v) is 1.95. The molecule has 0 heterocycles. The summed E-state index contributed by atoms with van der Waals surface area (Å²) in [4.78, 5) is 24.9. The Kier molecular flexibility index (Phi) is 4.66. The Morgan fingerprint density at radius 1 is 1.65 bits per heavy atom. The lowest BCUT2D eigenvalue weighted by Crippen LogP contribution is -2.13. The van der Waals surface area contributed by atoms with Gasteiger partial charge in [0.2, 0.25) is 6.08 Å². The molecule has 5 nitrogen and oxygen atoms in total. The van der Waals surface area contributed by atoms with Crippen molar-refractivity contribution >= 4 is 23.5 Å². The van der Waals surface area contributed by atoms with Crippen LogP contribution in [0.5, 0.6) is 0 Å². The number of nitrogens with zero attached hydrogens (tertiary/aromatic N) is 1. The topological polar surface area (TPSA) is 67.8 Å². The van der Waals surface area contributed by atoms with Gasteiger partial charge in [-0.1, -0.05) is 18.7 Å². The van der Waals surface area contributed by atoms with E-state index in [1.807, 2.05) is 0 Å². The maximum atomic E-state index is 11.2. The van der Waals surface area contributed by atoms with Gasteiger partial charge in [0.1, 0.15) is 6.61 Å². The molecule has 0 saturated carbocycles. The van der Waals surface area contributed by atoms with E-state index in [4.69, 9.17) is 4.74 Å². The highest BCUT2D eigenvalue weighted by molar-refractivity contribution is 5.85. The van der Waals surface area contributed by atoms with Gasteiger partial charge in [0.05, 0.1) is 5.69 Å². The van der Waals surface area contributed by atoms with Crippen LogP contribution in [0.4, 0.5) is 16.2 Å². The second kappa shape index (κ2) is 6.25. The molecular weight excluding hydrogens is 220 g/mol. The minimum absolute atomic E-state index is 0.136.